The summed E-state index contributed by atoms with van der Waals surface area (Å²) in [5.41, 5.74) is 9.56. The highest BCUT2D eigenvalue weighted by Crippen LogP contribution is 2.32. The van der Waals surface area contributed by atoms with Crippen molar-refractivity contribution in [1.82, 2.24) is 15.2 Å². The number of nitrogens with one attached hydrogen (secondary N) is 2. The van der Waals surface area contributed by atoms with Gasteiger partial charge in [-0.25, -0.2) is 4.99 Å². The first kappa shape index (κ1) is 15.9. The Balaban J connectivity index is 1.42. The maximum Gasteiger partial charge on any atom is 0.141 e. The minimum Gasteiger partial charge on any atom is -0.400 e. The van der Waals surface area contributed by atoms with Crippen molar-refractivity contribution in [1.29, 1.82) is 0 Å². The molecule has 4 heterocycles. The van der Waals surface area contributed by atoms with Gasteiger partial charge in [-0.2, -0.15) is 0 Å². The van der Waals surface area contributed by atoms with Crippen LogP contribution in [0.15, 0.2) is 38.9 Å². The fourth-order valence-electron chi connectivity index (χ4n) is 3.41. The van der Waals surface area contributed by atoms with Crippen molar-refractivity contribution in [2.45, 2.75) is 19.4 Å². The van der Waals surface area contributed by atoms with Gasteiger partial charge in [-0.3, -0.25) is 4.90 Å². The predicted octanol–water partition coefficient (Wildman–Crippen LogP) is 3.64. The number of rotatable bonds is 3. The van der Waals surface area contributed by atoms with Gasteiger partial charge < -0.3 is 16.0 Å². The summed E-state index contributed by atoms with van der Waals surface area (Å²) in [7, 11) is 0. The molecular formula is C17H20BrN5S. The van der Waals surface area contributed by atoms with Crippen LogP contribution in [0.5, 0.6) is 0 Å². The van der Waals surface area contributed by atoms with Gasteiger partial charge in [-0.05, 0) is 54.0 Å². The summed E-state index contributed by atoms with van der Waals surface area (Å²) in [6.45, 7) is 3.21. The van der Waals surface area contributed by atoms with Crippen LogP contribution >= 0.6 is 27.3 Å². The number of aliphatic imine (C=N–C) groups is 1. The number of hydrogen-bond donors (Lipinski definition) is 3. The average Bonchev–Trinajstić information content (AvgIpc) is 3.23. The number of hydrogen-bond acceptors (Lipinski definition) is 5. The summed E-state index contributed by atoms with van der Waals surface area (Å²) in [5, 5.41) is 5.39. The van der Waals surface area contributed by atoms with Crippen LogP contribution in [0.25, 0.3) is 5.70 Å². The Hall–Kier alpha value is -1.57. The summed E-state index contributed by atoms with van der Waals surface area (Å²) in [5.74, 6) is 1.31. The van der Waals surface area contributed by atoms with Gasteiger partial charge in [0.2, 0.25) is 0 Å². The average molecular weight is 406 g/mol. The molecule has 2 aliphatic rings. The van der Waals surface area contributed by atoms with E-state index in [4.69, 9.17) is 5.73 Å². The van der Waals surface area contributed by atoms with Crippen molar-refractivity contribution < 1.29 is 0 Å². The Labute approximate surface area is 153 Å². The van der Waals surface area contributed by atoms with E-state index in [1.54, 1.807) is 6.34 Å². The standard InChI is InChI=1S/C17H20BrN5S/c18-12-7-13(24-9-12)8-23-5-2-11(3-6-23)15(19)16-14-1-4-20-17(14)22-10-21-16/h1,4,7,9-11,20H,2-3,5-6,8,19H2,(H,21,22)/b16-15-. The number of thiophene rings is 1. The van der Waals surface area contributed by atoms with E-state index in [0.29, 0.717) is 5.92 Å². The van der Waals surface area contributed by atoms with E-state index in [9.17, 15) is 0 Å². The first-order valence-corrected chi connectivity index (χ1v) is 9.79. The number of nitrogens with zero attached hydrogens (tertiary/aromatic N) is 2. The molecule has 0 atom stereocenters. The minimum atomic E-state index is 0.424. The van der Waals surface area contributed by atoms with Crippen molar-refractivity contribution in [2.24, 2.45) is 16.6 Å². The third-order valence-corrected chi connectivity index (χ3v) is 6.40. The van der Waals surface area contributed by atoms with Crippen molar-refractivity contribution in [3.63, 3.8) is 0 Å². The van der Waals surface area contributed by atoms with Gasteiger partial charge in [0, 0.05) is 44.6 Å². The molecule has 4 rings (SSSR count). The molecule has 2 aromatic heterocycles. The van der Waals surface area contributed by atoms with E-state index in [2.05, 4.69) is 47.6 Å². The van der Waals surface area contributed by atoms with E-state index in [0.717, 1.165) is 55.3 Å². The summed E-state index contributed by atoms with van der Waals surface area (Å²) < 4.78 is 1.18. The largest absolute Gasteiger partial charge is 0.400 e. The first-order chi connectivity index (χ1) is 11.7. The molecule has 0 aliphatic carbocycles. The van der Waals surface area contributed by atoms with Gasteiger partial charge in [0.25, 0.3) is 0 Å². The smallest absolute Gasteiger partial charge is 0.141 e. The predicted molar refractivity (Wildman–Crippen MR) is 103 cm³/mol. The molecule has 0 saturated carbocycles. The fraction of sp³-hybridized carbons (Fsp3) is 0.353. The van der Waals surface area contributed by atoms with Gasteiger partial charge in [-0.15, -0.1) is 11.3 Å². The number of aromatic nitrogens is 1. The van der Waals surface area contributed by atoms with Crippen molar-refractivity contribution in [3.05, 3.63) is 44.3 Å². The molecule has 0 amide bonds. The molecule has 2 aromatic rings. The number of aromatic amines is 1. The summed E-state index contributed by atoms with van der Waals surface area (Å²) >= 11 is 5.34. The van der Waals surface area contributed by atoms with Gasteiger partial charge in [0.05, 0.1) is 12.0 Å². The molecule has 24 heavy (non-hydrogen) atoms. The van der Waals surface area contributed by atoms with Crippen LogP contribution in [0.4, 0.5) is 5.82 Å². The van der Waals surface area contributed by atoms with E-state index >= 15 is 0 Å². The molecule has 2 aliphatic heterocycles. The third-order valence-electron chi connectivity index (χ3n) is 4.71. The maximum atomic E-state index is 6.52. The highest BCUT2D eigenvalue weighted by Gasteiger charge is 2.25. The number of H-pyrrole nitrogens is 1. The summed E-state index contributed by atoms with van der Waals surface area (Å²) in [4.78, 5) is 11.4. The van der Waals surface area contributed by atoms with Crippen LogP contribution in [-0.2, 0) is 6.54 Å². The van der Waals surface area contributed by atoms with Gasteiger partial charge in [0.15, 0.2) is 0 Å². The van der Waals surface area contributed by atoms with Crippen LogP contribution in [0.3, 0.4) is 0 Å². The molecule has 0 bridgehead atoms. The van der Waals surface area contributed by atoms with Crippen LogP contribution in [0, 0.1) is 5.92 Å². The number of piperidine rings is 1. The molecular weight excluding hydrogens is 386 g/mol. The topological polar surface area (TPSA) is 69.4 Å². The molecule has 0 spiro atoms. The van der Waals surface area contributed by atoms with Crippen molar-refractivity contribution in [3.8, 4) is 0 Å². The maximum absolute atomic E-state index is 6.52. The Kier molecular flexibility index (Phi) is 4.47. The normalized spacial score (nSPS) is 20.7. The Bertz CT molecular complexity index is 783. The van der Waals surface area contributed by atoms with E-state index < -0.39 is 0 Å². The molecule has 7 heteroatoms. The zero-order chi connectivity index (χ0) is 16.5. The second kappa shape index (κ2) is 6.74. The zero-order valence-electron chi connectivity index (χ0n) is 13.3. The molecule has 5 nitrogen and oxygen atoms in total. The van der Waals surface area contributed by atoms with Crippen LogP contribution in [-0.4, -0.2) is 29.3 Å². The molecule has 0 unspecified atom stereocenters. The van der Waals surface area contributed by atoms with Gasteiger partial charge >= 0.3 is 0 Å². The third kappa shape index (κ3) is 3.16. The number of likely N-dealkylation sites (tertiary alicyclic amines) is 1. The van der Waals surface area contributed by atoms with Crippen molar-refractivity contribution in [2.75, 3.05) is 13.1 Å². The molecule has 1 fully saturated rings. The SMILES string of the molecule is N/C(=C1\NC=Nc2[nH]ccc21)C1CCN(Cc2cc(Br)cs2)CC1. The highest BCUT2D eigenvalue weighted by atomic mass is 79.9. The lowest BCUT2D eigenvalue weighted by molar-refractivity contribution is 0.192. The molecule has 1 saturated heterocycles. The van der Waals surface area contributed by atoms with Crippen LogP contribution in [0.1, 0.15) is 23.3 Å². The Morgan fingerprint density at radius 3 is 3.00 bits per heavy atom. The number of allylic oxidation sites excluding steroid dienone is 1. The first-order valence-electron chi connectivity index (χ1n) is 8.12. The molecule has 0 radical (unpaired) electrons. The zero-order valence-corrected chi connectivity index (χ0v) is 15.7. The lowest BCUT2D eigenvalue weighted by atomic mass is 9.91. The molecule has 126 valence electrons. The fourth-order valence-corrected chi connectivity index (χ4v) is 4.90. The summed E-state index contributed by atoms with van der Waals surface area (Å²) in [6.07, 6.45) is 5.82. The Morgan fingerprint density at radius 2 is 2.25 bits per heavy atom. The number of fused-ring (bicyclic) bond motifs is 1. The monoisotopic (exact) mass is 405 g/mol. The molecule has 0 aromatic carbocycles. The van der Waals surface area contributed by atoms with E-state index in [1.807, 2.05) is 23.6 Å². The Morgan fingerprint density at radius 1 is 1.42 bits per heavy atom. The summed E-state index contributed by atoms with van der Waals surface area (Å²) in [6, 6.07) is 4.25. The van der Waals surface area contributed by atoms with Crippen LogP contribution < -0.4 is 11.1 Å². The van der Waals surface area contributed by atoms with Crippen LogP contribution in [0.2, 0.25) is 0 Å². The molecule has 4 N–H and O–H groups in total. The second-order valence-corrected chi connectivity index (χ2v) is 8.17. The lowest BCUT2D eigenvalue weighted by Gasteiger charge is -2.32. The minimum absolute atomic E-state index is 0.424. The number of halogens is 1. The quantitative estimate of drug-likeness (QED) is 0.729. The number of nitrogens with two attached hydrogens (primary N) is 1. The van der Waals surface area contributed by atoms with Gasteiger partial charge in [0.1, 0.15) is 5.82 Å². The van der Waals surface area contributed by atoms with E-state index in [-0.39, 0.29) is 0 Å². The van der Waals surface area contributed by atoms with Gasteiger partial charge in [-0.1, -0.05) is 0 Å². The van der Waals surface area contributed by atoms with Crippen molar-refractivity contribution >= 4 is 45.1 Å². The highest BCUT2D eigenvalue weighted by molar-refractivity contribution is 9.10. The van der Waals surface area contributed by atoms with E-state index in [1.165, 1.54) is 9.35 Å². The lowest BCUT2D eigenvalue weighted by Crippen LogP contribution is -2.35. The second-order valence-electron chi connectivity index (χ2n) is 6.25.